The molecule has 2 aromatic rings. The number of rotatable bonds is 2. The van der Waals surface area contributed by atoms with Crippen LogP contribution in [0.4, 0.5) is 5.69 Å². The van der Waals surface area contributed by atoms with Crippen molar-refractivity contribution < 1.29 is 4.79 Å². The highest BCUT2D eigenvalue weighted by Gasteiger charge is 2.13. The van der Waals surface area contributed by atoms with Gasteiger partial charge in [0.1, 0.15) is 0 Å². The van der Waals surface area contributed by atoms with Gasteiger partial charge in [-0.1, -0.05) is 23.2 Å². The summed E-state index contributed by atoms with van der Waals surface area (Å²) in [6.07, 6.45) is 0. The minimum Gasteiger partial charge on any atom is -0.397 e. The van der Waals surface area contributed by atoms with Crippen molar-refractivity contribution in [3.8, 4) is 11.3 Å². The summed E-state index contributed by atoms with van der Waals surface area (Å²) in [5, 5.41) is 1.04. The highest BCUT2D eigenvalue weighted by Crippen LogP contribution is 2.33. The summed E-state index contributed by atoms with van der Waals surface area (Å²) in [5.74, 6) is -0.0759. The zero-order valence-corrected chi connectivity index (χ0v) is 10.6. The van der Waals surface area contributed by atoms with E-state index in [-0.39, 0.29) is 5.78 Å². The van der Waals surface area contributed by atoms with Gasteiger partial charge in [-0.2, -0.15) is 0 Å². The summed E-state index contributed by atoms with van der Waals surface area (Å²) < 4.78 is 0. The largest absolute Gasteiger partial charge is 0.397 e. The number of hydrogen-bond donors (Lipinski definition) is 2. The first-order chi connectivity index (χ1) is 7.99. The maximum atomic E-state index is 11.2. The summed E-state index contributed by atoms with van der Waals surface area (Å²) in [6, 6.07) is 6.71. The lowest BCUT2D eigenvalue weighted by molar-refractivity contribution is 0.101. The molecule has 1 aromatic carbocycles. The number of nitrogens with one attached hydrogen (secondary N) is 1. The molecule has 3 nitrogen and oxygen atoms in total. The lowest BCUT2D eigenvalue weighted by Gasteiger charge is -2.03. The zero-order chi connectivity index (χ0) is 12.6. The molecule has 0 unspecified atom stereocenters. The molecular formula is C12H10Cl2N2O. The molecule has 0 aliphatic rings. The smallest absolute Gasteiger partial charge is 0.176 e. The molecule has 0 aliphatic carbocycles. The lowest BCUT2D eigenvalue weighted by atomic mass is 10.1. The minimum atomic E-state index is -0.0759. The summed E-state index contributed by atoms with van der Waals surface area (Å²) in [7, 11) is 0. The van der Waals surface area contributed by atoms with Gasteiger partial charge in [0.15, 0.2) is 5.78 Å². The predicted octanol–water partition coefficient (Wildman–Crippen LogP) is 3.77. The van der Waals surface area contributed by atoms with E-state index in [0.717, 1.165) is 5.56 Å². The molecule has 3 N–H and O–H groups in total. The molecule has 0 saturated carbocycles. The second-order valence-electron chi connectivity index (χ2n) is 3.69. The van der Waals surface area contributed by atoms with E-state index in [2.05, 4.69) is 4.98 Å². The molecule has 0 aliphatic heterocycles. The molecule has 17 heavy (non-hydrogen) atoms. The van der Waals surface area contributed by atoms with Gasteiger partial charge in [-0.15, -0.1) is 0 Å². The third kappa shape index (κ3) is 2.30. The fraction of sp³-hybridized carbons (Fsp3) is 0.0833. The molecule has 1 heterocycles. The van der Waals surface area contributed by atoms with Gasteiger partial charge in [-0.3, -0.25) is 4.79 Å². The Labute approximate surface area is 109 Å². The van der Waals surface area contributed by atoms with E-state index in [9.17, 15) is 4.79 Å². The van der Waals surface area contributed by atoms with Crippen LogP contribution < -0.4 is 5.73 Å². The Kier molecular flexibility index (Phi) is 3.13. The van der Waals surface area contributed by atoms with Crippen LogP contribution in [-0.4, -0.2) is 10.8 Å². The number of aromatic amines is 1. The first-order valence-corrected chi connectivity index (χ1v) is 5.69. The highest BCUT2D eigenvalue weighted by atomic mass is 35.5. The number of halogens is 2. The third-order valence-corrected chi connectivity index (χ3v) is 2.98. The maximum Gasteiger partial charge on any atom is 0.176 e. The molecule has 0 bridgehead atoms. The Morgan fingerprint density at radius 3 is 2.53 bits per heavy atom. The number of nitrogens with two attached hydrogens (primary N) is 1. The Bertz CT molecular complexity index is 590. The van der Waals surface area contributed by atoms with Crippen LogP contribution in [0.1, 0.15) is 17.4 Å². The number of Topliss-reactive ketones (excluding diaryl/α,β-unsaturated/α-hetero) is 1. The SMILES string of the molecule is CC(=O)c1cc(N)c(-c2ccc(Cl)cc2Cl)[nH]1. The number of aromatic nitrogens is 1. The molecule has 0 atom stereocenters. The van der Waals surface area contributed by atoms with Crippen LogP contribution in [0.3, 0.4) is 0 Å². The van der Waals surface area contributed by atoms with E-state index < -0.39 is 0 Å². The number of H-pyrrole nitrogens is 1. The van der Waals surface area contributed by atoms with Crippen LogP contribution in [0.25, 0.3) is 11.3 Å². The topological polar surface area (TPSA) is 58.9 Å². The first-order valence-electron chi connectivity index (χ1n) is 4.94. The molecule has 0 saturated heterocycles. The first kappa shape index (κ1) is 12.0. The van der Waals surface area contributed by atoms with Gasteiger partial charge in [-0.25, -0.2) is 0 Å². The van der Waals surface area contributed by atoms with Gasteiger partial charge in [0.25, 0.3) is 0 Å². The van der Waals surface area contributed by atoms with Crippen molar-refractivity contribution >= 4 is 34.7 Å². The van der Waals surface area contributed by atoms with Crippen molar-refractivity contribution in [1.82, 2.24) is 4.98 Å². The zero-order valence-electron chi connectivity index (χ0n) is 9.05. The van der Waals surface area contributed by atoms with Crippen LogP contribution >= 0.6 is 23.2 Å². The molecule has 1 aromatic heterocycles. The highest BCUT2D eigenvalue weighted by molar-refractivity contribution is 6.36. The van der Waals surface area contributed by atoms with Gasteiger partial charge >= 0.3 is 0 Å². The van der Waals surface area contributed by atoms with Crippen LogP contribution in [0.5, 0.6) is 0 Å². The quantitative estimate of drug-likeness (QED) is 0.815. The van der Waals surface area contributed by atoms with E-state index in [0.29, 0.717) is 27.1 Å². The Hall–Kier alpha value is -1.45. The number of ketones is 1. The summed E-state index contributed by atoms with van der Waals surface area (Å²) in [4.78, 5) is 14.2. The van der Waals surface area contributed by atoms with Gasteiger partial charge in [0, 0.05) is 17.5 Å². The van der Waals surface area contributed by atoms with Crippen molar-refractivity contribution in [2.75, 3.05) is 5.73 Å². The number of benzene rings is 1. The van der Waals surface area contributed by atoms with E-state index in [1.54, 1.807) is 24.3 Å². The van der Waals surface area contributed by atoms with E-state index in [4.69, 9.17) is 28.9 Å². The van der Waals surface area contributed by atoms with Gasteiger partial charge in [0.2, 0.25) is 0 Å². The van der Waals surface area contributed by atoms with Crippen molar-refractivity contribution in [1.29, 1.82) is 0 Å². The van der Waals surface area contributed by atoms with Crippen molar-refractivity contribution in [3.63, 3.8) is 0 Å². The number of anilines is 1. The van der Waals surface area contributed by atoms with Crippen LogP contribution in [-0.2, 0) is 0 Å². The van der Waals surface area contributed by atoms with Gasteiger partial charge in [0.05, 0.1) is 22.1 Å². The van der Waals surface area contributed by atoms with Gasteiger partial charge < -0.3 is 10.7 Å². The molecule has 0 amide bonds. The maximum absolute atomic E-state index is 11.2. The number of hydrogen-bond acceptors (Lipinski definition) is 2. The standard InChI is InChI=1S/C12H10Cl2N2O/c1-6(17)11-5-10(15)12(16-11)8-3-2-7(13)4-9(8)14/h2-5,16H,15H2,1H3. The molecule has 0 fully saturated rings. The van der Waals surface area contributed by atoms with Crippen molar-refractivity contribution in [2.24, 2.45) is 0 Å². The summed E-state index contributed by atoms with van der Waals surface area (Å²) in [6.45, 7) is 1.47. The van der Waals surface area contributed by atoms with E-state index in [1.165, 1.54) is 6.92 Å². The van der Waals surface area contributed by atoms with Crippen LogP contribution in [0.2, 0.25) is 10.0 Å². The molecule has 2 rings (SSSR count). The summed E-state index contributed by atoms with van der Waals surface area (Å²) in [5.41, 5.74) is 8.15. The van der Waals surface area contributed by atoms with E-state index in [1.807, 2.05) is 0 Å². The van der Waals surface area contributed by atoms with Crippen LogP contribution in [0, 0.1) is 0 Å². The average Bonchev–Trinajstić information content (AvgIpc) is 2.61. The fourth-order valence-electron chi connectivity index (χ4n) is 1.58. The fourth-order valence-corrected chi connectivity index (χ4v) is 2.08. The minimum absolute atomic E-state index is 0.0759. The van der Waals surface area contributed by atoms with Crippen LogP contribution in [0.15, 0.2) is 24.3 Å². The number of carbonyl (C=O) groups is 1. The van der Waals surface area contributed by atoms with Crippen molar-refractivity contribution in [2.45, 2.75) is 6.92 Å². The molecule has 5 heteroatoms. The Morgan fingerprint density at radius 1 is 1.29 bits per heavy atom. The van der Waals surface area contributed by atoms with Crippen molar-refractivity contribution in [3.05, 3.63) is 40.0 Å². The number of carbonyl (C=O) groups excluding carboxylic acids is 1. The average molecular weight is 269 g/mol. The normalized spacial score (nSPS) is 10.5. The Morgan fingerprint density at radius 2 is 2.00 bits per heavy atom. The molecule has 0 spiro atoms. The van der Waals surface area contributed by atoms with E-state index >= 15 is 0 Å². The molecule has 0 radical (unpaired) electrons. The monoisotopic (exact) mass is 268 g/mol. The second kappa shape index (κ2) is 4.43. The lowest BCUT2D eigenvalue weighted by Crippen LogP contribution is -1.91. The number of nitrogen functional groups attached to an aromatic ring is 1. The molecule has 88 valence electrons. The summed E-state index contributed by atoms with van der Waals surface area (Å²) >= 11 is 11.9. The molecular weight excluding hydrogens is 259 g/mol. The second-order valence-corrected chi connectivity index (χ2v) is 4.54. The van der Waals surface area contributed by atoms with Gasteiger partial charge in [-0.05, 0) is 24.3 Å². The third-order valence-electron chi connectivity index (χ3n) is 2.43. The Balaban J connectivity index is 2.56. The predicted molar refractivity (Wildman–Crippen MR) is 70.7 cm³/mol.